The first-order valence-electron chi connectivity index (χ1n) is 7.18. The van der Waals surface area contributed by atoms with Crippen LogP contribution < -0.4 is 10.2 Å². The van der Waals surface area contributed by atoms with E-state index >= 15 is 0 Å². The van der Waals surface area contributed by atoms with Gasteiger partial charge in [0.15, 0.2) is 6.04 Å². The second kappa shape index (κ2) is 6.72. The van der Waals surface area contributed by atoms with Crippen LogP contribution in [0.3, 0.4) is 0 Å². The lowest BCUT2D eigenvalue weighted by Crippen LogP contribution is -3.19. The number of nitrogens with zero attached hydrogens (tertiary/aromatic N) is 1. The Morgan fingerprint density at radius 3 is 2.45 bits per heavy atom. The highest BCUT2D eigenvalue weighted by Gasteiger charge is 2.35. The van der Waals surface area contributed by atoms with Gasteiger partial charge in [0.2, 0.25) is 10.0 Å². The highest BCUT2D eigenvalue weighted by atomic mass is 32.2. The zero-order valence-electron chi connectivity index (χ0n) is 12.7. The number of halogens is 1. The Labute approximate surface area is 130 Å². The zero-order valence-corrected chi connectivity index (χ0v) is 13.5. The van der Waals surface area contributed by atoms with Crippen LogP contribution in [0.4, 0.5) is 4.39 Å². The molecule has 6 nitrogen and oxygen atoms in total. The second-order valence-corrected chi connectivity index (χ2v) is 7.24. The molecule has 1 aromatic rings. The molecule has 1 aliphatic rings. The lowest BCUT2D eigenvalue weighted by molar-refractivity contribution is -0.917. The maximum absolute atomic E-state index is 13.7. The van der Waals surface area contributed by atoms with Gasteiger partial charge >= 0.3 is 0 Å². The number of hydrogen-bond donors (Lipinski definition) is 2. The number of carbonyl (C=O) groups excluding carboxylic acids is 1. The first kappa shape index (κ1) is 16.9. The van der Waals surface area contributed by atoms with Gasteiger partial charge in [-0.3, -0.25) is 4.79 Å². The number of rotatable bonds is 4. The minimum absolute atomic E-state index is 0.0691. The summed E-state index contributed by atoms with van der Waals surface area (Å²) in [5, 5.41) is 2.60. The average molecular weight is 330 g/mol. The molecule has 0 unspecified atom stereocenters. The summed E-state index contributed by atoms with van der Waals surface area (Å²) in [6.45, 7) is 3.39. The molecule has 1 aliphatic heterocycles. The molecule has 0 aromatic heterocycles. The molecule has 2 rings (SSSR count). The maximum Gasteiger partial charge on any atom is 0.277 e. The van der Waals surface area contributed by atoms with Crippen molar-refractivity contribution in [2.24, 2.45) is 0 Å². The van der Waals surface area contributed by atoms with Crippen LogP contribution in [0.15, 0.2) is 29.2 Å². The molecule has 1 aromatic carbocycles. The smallest absolute Gasteiger partial charge is 0.277 e. The van der Waals surface area contributed by atoms with Crippen molar-refractivity contribution in [1.82, 2.24) is 9.62 Å². The lowest BCUT2D eigenvalue weighted by Gasteiger charge is -2.34. The van der Waals surface area contributed by atoms with Gasteiger partial charge in [-0.25, -0.2) is 12.8 Å². The molecular weight excluding hydrogens is 309 g/mol. The second-order valence-electron chi connectivity index (χ2n) is 5.33. The minimum atomic E-state index is -3.82. The number of sulfonamides is 1. The summed E-state index contributed by atoms with van der Waals surface area (Å²) in [5.41, 5.74) is 0. The van der Waals surface area contributed by atoms with Crippen molar-refractivity contribution in [3.05, 3.63) is 30.1 Å². The van der Waals surface area contributed by atoms with Crippen LogP contribution in [-0.2, 0) is 14.8 Å². The number of hydrogen-bond acceptors (Lipinski definition) is 3. The number of likely N-dealkylation sites (N-methyl/N-ethyl adjacent to an activating group) is 1. The molecule has 0 radical (unpaired) electrons. The van der Waals surface area contributed by atoms with Gasteiger partial charge in [0, 0.05) is 7.05 Å². The molecule has 0 bridgehead atoms. The molecule has 1 amide bonds. The van der Waals surface area contributed by atoms with Crippen molar-refractivity contribution in [2.75, 3.05) is 33.2 Å². The number of piperazine rings is 1. The largest absolute Gasteiger partial charge is 0.354 e. The molecule has 1 heterocycles. The number of nitrogens with one attached hydrogen (secondary N) is 2. The summed E-state index contributed by atoms with van der Waals surface area (Å²) < 4.78 is 40.0. The van der Waals surface area contributed by atoms with Gasteiger partial charge in [-0.15, -0.1) is 0 Å². The number of amides is 1. The van der Waals surface area contributed by atoms with Gasteiger partial charge in [0.25, 0.3) is 5.91 Å². The van der Waals surface area contributed by atoms with Gasteiger partial charge < -0.3 is 10.2 Å². The average Bonchev–Trinajstić information content (AvgIpc) is 2.53. The van der Waals surface area contributed by atoms with Crippen molar-refractivity contribution >= 4 is 15.9 Å². The highest BCUT2D eigenvalue weighted by molar-refractivity contribution is 7.89. The van der Waals surface area contributed by atoms with E-state index in [1.165, 1.54) is 22.5 Å². The fourth-order valence-electron chi connectivity index (χ4n) is 2.64. The molecule has 8 heteroatoms. The minimum Gasteiger partial charge on any atom is -0.354 e. The fraction of sp³-hybridized carbons (Fsp3) is 0.500. The molecule has 0 spiro atoms. The van der Waals surface area contributed by atoms with Crippen LogP contribution in [0.1, 0.15) is 6.92 Å². The van der Waals surface area contributed by atoms with E-state index in [1.54, 1.807) is 7.05 Å². The summed E-state index contributed by atoms with van der Waals surface area (Å²) >= 11 is 0. The molecular formula is C14H21FN3O3S+. The Kier molecular flexibility index (Phi) is 5.15. The molecule has 2 N–H and O–H groups in total. The Morgan fingerprint density at radius 2 is 1.91 bits per heavy atom. The molecule has 22 heavy (non-hydrogen) atoms. The van der Waals surface area contributed by atoms with Gasteiger partial charge in [0.1, 0.15) is 10.7 Å². The normalized spacial score (nSPS) is 18.9. The number of benzene rings is 1. The van der Waals surface area contributed by atoms with Crippen LogP contribution in [0, 0.1) is 5.82 Å². The van der Waals surface area contributed by atoms with Crippen LogP contribution in [-0.4, -0.2) is 57.9 Å². The van der Waals surface area contributed by atoms with E-state index in [2.05, 4.69) is 5.32 Å². The Morgan fingerprint density at radius 1 is 1.32 bits per heavy atom. The molecule has 1 saturated heterocycles. The van der Waals surface area contributed by atoms with E-state index in [9.17, 15) is 17.6 Å². The van der Waals surface area contributed by atoms with E-state index in [-0.39, 0.29) is 29.9 Å². The van der Waals surface area contributed by atoms with Crippen LogP contribution in [0.2, 0.25) is 0 Å². The van der Waals surface area contributed by atoms with Crippen LogP contribution in [0.5, 0.6) is 0 Å². The van der Waals surface area contributed by atoms with Crippen molar-refractivity contribution < 1.29 is 22.5 Å². The van der Waals surface area contributed by atoms with Crippen molar-refractivity contribution in [2.45, 2.75) is 17.9 Å². The number of quaternary nitrogens is 1. The zero-order chi connectivity index (χ0) is 16.3. The monoisotopic (exact) mass is 330 g/mol. The van der Waals surface area contributed by atoms with E-state index in [0.29, 0.717) is 13.1 Å². The Hall–Kier alpha value is -1.51. The lowest BCUT2D eigenvalue weighted by atomic mass is 10.2. The topological polar surface area (TPSA) is 70.9 Å². The molecule has 0 saturated carbocycles. The third-order valence-electron chi connectivity index (χ3n) is 4.07. The van der Waals surface area contributed by atoms with Crippen molar-refractivity contribution in [3.8, 4) is 0 Å². The van der Waals surface area contributed by atoms with E-state index in [1.807, 2.05) is 6.92 Å². The predicted octanol–water partition coefficient (Wildman–Crippen LogP) is -1.15. The Bertz CT molecular complexity index is 642. The molecule has 122 valence electrons. The Balaban J connectivity index is 2.08. The van der Waals surface area contributed by atoms with E-state index in [4.69, 9.17) is 0 Å². The first-order valence-corrected chi connectivity index (χ1v) is 8.62. The van der Waals surface area contributed by atoms with Crippen molar-refractivity contribution in [1.29, 1.82) is 0 Å². The SMILES string of the molecule is CNC(=O)[C@@H](C)[NH+]1CCN(S(=O)(=O)c2ccccc2F)CC1. The van der Waals surface area contributed by atoms with Crippen LogP contribution >= 0.6 is 0 Å². The van der Waals surface area contributed by atoms with Gasteiger partial charge in [0.05, 0.1) is 26.2 Å². The van der Waals surface area contributed by atoms with Crippen molar-refractivity contribution in [3.63, 3.8) is 0 Å². The standard InChI is InChI=1S/C14H20FN3O3S/c1-11(14(19)16-2)17-7-9-18(10-8-17)22(20,21)13-6-4-3-5-12(13)15/h3-6,11H,7-10H2,1-2H3,(H,16,19)/p+1/t11-/m1/s1. The predicted molar refractivity (Wildman–Crippen MR) is 79.4 cm³/mol. The summed E-state index contributed by atoms with van der Waals surface area (Å²) in [7, 11) is -2.24. The van der Waals surface area contributed by atoms with E-state index < -0.39 is 15.8 Å². The summed E-state index contributed by atoms with van der Waals surface area (Å²) in [6.07, 6.45) is 0. The molecule has 1 atom stereocenters. The van der Waals surface area contributed by atoms with Gasteiger partial charge in [-0.2, -0.15) is 4.31 Å². The summed E-state index contributed by atoms with van der Waals surface area (Å²) in [6, 6.07) is 5.15. The maximum atomic E-state index is 13.7. The van der Waals surface area contributed by atoms with Crippen LogP contribution in [0.25, 0.3) is 0 Å². The number of carbonyl (C=O) groups is 1. The fourth-order valence-corrected chi connectivity index (χ4v) is 4.15. The van der Waals surface area contributed by atoms with Gasteiger partial charge in [-0.05, 0) is 19.1 Å². The summed E-state index contributed by atoms with van der Waals surface area (Å²) in [4.78, 5) is 12.4. The highest BCUT2D eigenvalue weighted by Crippen LogP contribution is 2.18. The molecule has 1 fully saturated rings. The van der Waals surface area contributed by atoms with Gasteiger partial charge in [-0.1, -0.05) is 12.1 Å². The molecule has 0 aliphatic carbocycles. The summed E-state index contributed by atoms with van der Waals surface area (Å²) in [5.74, 6) is -0.809. The third-order valence-corrected chi connectivity index (χ3v) is 6.00. The quantitative estimate of drug-likeness (QED) is 0.732. The van der Waals surface area contributed by atoms with E-state index in [0.717, 1.165) is 11.0 Å². The third kappa shape index (κ3) is 3.29. The first-order chi connectivity index (χ1) is 10.4.